The summed E-state index contributed by atoms with van der Waals surface area (Å²) in [7, 11) is 0. The number of hydrogen-bond acceptors (Lipinski definition) is 7. The first-order valence-corrected chi connectivity index (χ1v) is 18.1. The number of benzene rings is 2. The van der Waals surface area contributed by atoms with Gasteiger partial charge >= 0.3 is 0 Å². The fourth-order valence-corrected chi connectivity index (χ4v) is 8.04. The lowest BCUT2D eigenvalue weighted by Crippen LogP contribution is -2.58. The lowest BCUT2D eigenvalue weighted by Gasteiger charge is -2.43. The molecule has 4 aliphatic rings. The first-order chi connectivity index (χ1) is 24.7. The van der Waals surface area contributed by atoms with Crippen LogP contribution in [-0.2, 0) is 22.6 Å². The van der Waals surface area contributed by atoms with Gasteiger partial charge in [-0.15, -0.1) is 0 Å². The predicted molar refractivity (Wildman–Crippen MR) is 184 cm³/mol. The number of nitrogens with zero attached hydrogens (tertiary/aromatic N) is 4. The molecule has 3 saturated heterocycles. The lowest BCUT2D eigenvalue weighted by atomic mass is 9.73. The molecule has 1 atom stereocenters. The minimum atomic E-state index is -2.66. The van der Waals surface area contributed by atoms with Crippen molar-refractivity contribution in [1.82, 2.24) is 30.2 Å². The highest BCUT2D eigenvalue weighted by Crippen LogP contribution is 2.43. The standard InChI is InChI=1S/C38H47F3N6O4/c39-32-6-4-27(5-7-32)19-47-20-30(18-44-47)36(49)46-21-31(37(26-46)24-42-25-37)23-51-22-29-2-1-3-33(28-8-10-38(40,41)11-9-28)34(29)35(48)43-12-13-45-14-16-50-17-15-45/h1-7,18,20,28,31,42H,8-17,19,21-26H2,(H,43,48). The van der Waals surface area contributed by atoms with E-state index >= 15 is 0 Å². The molecule has 4 fully saturated rings. The van der Waals surface area contributed by atoms with Crippen molar-refractivity contribution in [2.75, 3.05) is 72.2 Å². The molecule has 2 amide bonds. The Balaban J connectivity index is 1.00. The van der Waals surface area contributed by atoms with Crippen molar-refractivity contribution < 1.29 is 32.2 Å². The van der Waals surface area contributed by atoms with Crippen LogP contribution in [0.15, 0.2) is 54.9 Å². The van der Waals surface area contributed by atoms with Gasteiger partial charge < -0.3 is 25.0 Å². The summed E-state index contributed by atoms with van der Waals surface area (Å²) in [5.41, 5.74) is 3.38. The first kappa shape index (κ1) is 35.6. The van der Waals surface area contributed by atoms with Crippen molar-refractivity contribution >= 4 is 11.8 Å². The fraction of sp³-hybridized carbons (Fsp3) is 0.553. The summed E-state index contributed by atoms with van der Waals surface area (Å²) >= 11 is 0. The largest absolute Gasteiger partial charge is 0.379 e. The number of nitrogens with one attached hydrogen (secondary N) is 2. The Morgan fingerprint density at radius 3 is 2.55 bits per heavy atom. The highest BCUT2D eigenvalue weighted by Gasteiger charge is 2.52. The molecular weight excluding hydrogens is 661 g/mol. The first-order valence-electron chi connectivity index (χ1n) is 18.1. The Morgan fingerprint density at radius 2 is 1.82 bits per heavy atom. The Hall–Kier alpha value is -3.78. The van der Waals surface area contributed by atoms with E-state index in [9.17, 15) is 22.8 Å². The van der Waals surface area contributed by atoms with E-state index in [2.05, 4.69) is 20.6 Å². The molecule has 4 heterocycles. The molecule has 0 bridgehead atoms. The summed E-state index contributed by atoms with van der Waals surface area (Å²) in [6.45, 7) is 7.94. The number of ether oxygens (including phenoxy) is 2. The van der Waals surface area contributed by atoms with E-state index in [1.165, 1.54) is 12.1 Å². The van der Waals surface area contributed by atoms with Crippen molar-refractivity contribution in [1.29, 1.82) is 0 Å². The zero-order valence-electron chi connectivity index (χ0n) is 28.9. The molecule has 1 aromatic heterocycles. The monoisotopic (exact) mass is 708 g/mol. The normalized spacial score (nSPS) is 21.9. The van der Waals surface area contributed by atoms with Crippen LogP contribution in [0.25, 0.3) is 0 Å². The second-order valence-electron chi connectivity index (χ2n) is 14.6. The Labute approximate surface area is 296 Å². The smallest absolute Gasteiger partial charge is 0.257 e. The average molecular weight is 709 g/mol. The van der Waals surface area contributed by atoms with Crippen molar-refractivity contribution in [2.24, 2.45) is 11.3 Å². The minimum Gasteiger partial charge on any atom is -0.379 e. The molecule has 2 N–H and O–H groups in total. The summed E-state index contributed by atoms with van der Waals surface area (Å²) in [5.74, 6) is -3.28. The quantitative estimate of drug-likeness (QED) is 0.290. The van der Waals surface area contributed by atoms with E-state index in [-0.39, 0.29) is 54.3 Å². The van der Waals surface area contributed by atoms with Crippen LogP contribution >= 0.6 is 0 Å². The van der Waals surface area contributed by atoms with Crippen molar-refractivity contribution in [3.8, 4) is 0 Å². The maximum absolute atomic E-state index is 14.1. The van der Waals surface area contributed by atoms with Gasteiger partial charge in [0.05, 0.1) is 44.7 Å². The van der Waals surface area contributed by atoms with Crippen LogP contribution in [0.4, 0.5) is 13.2 Å². The third kappa shape index (κ3) is 8.32. The van der Waals surface area contributed by atoms with E-state index in [1.54, 1.807) is 29.2 Å². The SMILES string of the molecule is O=C(NCCN1CCOCC1)c1c(COCC2CN(C(=O)c3cnn(Cc4ccc(F)cc4)c3)CC23CNC3)cccc1C1CCC(F)(F)CC1. The van der Waals surface area contributed by atoms with Gasteiger partial charge in [-0.2, -0.15) is 5.10 Å². The molecule has 13 heteroatoms. The van der Waals surface area contributed by atoms with E-state index in [4.69, 9.17) is 9.47 Å². The molecule has 0 radical (unpaired) electrons. The van der Waals surface area contributed by atoms with Crippen LogP contribution in [0.2, 0.25) is 0 Å². The third-order valence-corrected chi connectivity index (χ3v) is 11.2. The van der Waals surface area contributed by atoms with Crippen LogP contribution < -0.4 is 10.6 Å². The third-order valence-electron chi connectivity index (χ3n) is 11.2. The number of likely N-dealkylation sites (tertiary alicyclic amines) is 1. The van der Waals surface area contributed by atoms with Crippen LogP contribution in [-0.4, -0.2) is 109 Å². The van der Waals surface area contributed by atoms with Gasteiger partial charge in [-0.3, -0.25) is 19.2 Å². The molecule has 1 unspecified atom stereocenters. The molecular formula is C38H47F3N6O4. The average Bonchev–Trinajstić information content (AvgIpc) is 3.75. The van der Waals surface area contributed by atoms with Gasteiger partial charge in [-0.05, 0) is 47.6 Å². The number of carbonyl (C=O) groups is 2. The Kier molecular flexibility index (Phi) is 10.8. The second kappa shape index (κ2) is 15.4. The molecule has 3 aliphatic heterocycles. The van der Waals surface area contributed by atoms with E-state index in [0.29, 0.717) is 76.5 Å². The van der Waals surface area contributed by atoms with Crippen LogP contribution in [0, 0.1) is 17.2 Å². The summed E-state index contributed by atoms with van der Waals surface area (Å²) in [6, 6.07) is 11.9. The molecule has 1 saturated carbocycles. The zero-order valence-corrected chi connectivity index (χ0v) is 28.9. The number of aromatic nitrogens is 2. The van der Waals surface area contributed by atoms with E-state index < -0.39 is 5.92 Å². The topological polar surface area (TPSA) is 101 Å². The Bertz CT molecular complexity index is 1660. The number of halogens is 3. The van der Waals surface area contributed by atoms with Gasteiger partial charge in [0.2, 0.25) is 5.92 Å². The van der Waals surface area contributed by atoms with Crippen molar-refractivity contribution in [2.45, 2.75) is 50.7 Å². The number of carbonyl (C=O) groups excluding carboxylic acids is 2. The van der Waals surface area contributed by atoms with Crippen molar-refractivity contribution in [3.05, 3.63) is 88.5 Å². The predicted octanol–water partition coefficient (Wildman–Crippen LogP) is 4.30. The number of rotatable bonds is 12. The molecule has 10 nitrogen and oxygen atoms in total. The van der Waals surface area contributed by atoms with Crippen LogP contribution in [0.3, 0.4) is 0 Å². The summed E-state index contributed by atoms with van der Waals surface area (Å²) in [5, 5.41) is 10.8. The van der Waals surface area contributed by atoms with Crippen LogP contribution in [0.5, 0.6) is 0 Å². The van der Waals surface area contributed by atoms with E-state index in [1.807, 2.05) is 23.1 Å². The lowest BCUT2D eigenvalue weighted by molar-refractivity contribution is -0.0382. The highest BCUT2D eigenvalue weighted by molar-refractivity contribution is 5.97. The van der Waals surface area contributed by atoms with Gasteiger partial charge in [0.15, 0.2) is 0 Å². The summed E-state index contributed by atoms with van der Waals surface area (Å²) in [6.07, 6.45) is 3.61. The van der Waals surface area contributed by atoms with Gasteiger partial charge in [-0.25, -0.2) is 13.2 Å². The zero-order chi connectivity index (χ0) is 35.4. The maximum Gasteiger partial charge on any atom is 0.257 e. The van der Waals surface area contributed by atoms with Gasteiger partial charge in [0.1, 0.15) is 5.82 Å². The van der Waals surface area contributed by atoms with Gasteiger partial charge in [-0.1, -0.05) is 30.3 Å². The molecule has 274 valence electrons. The molecule has 7 rings (SSSR count). The number of morpholine rings is 1. The summed E-state index contributed by atoms with van der Waals surface area (Å²) < 4.78 is 55.0. The van der Waals surface area contributed by atoms with Crippen molar-refractivity contribution in [3.63, 3.8) is 0 Å². The second-order valence-corrected chi connectivity index (χ2v) is 14.6. The van der Waals surface area contributed by atoms with Gasteiger partial charge in [0, 0.05) is 88.3 Å². The minimum absolute atomic E-state index is 0.0871. The molecule has 2 aromatic carbocycles. The number of amides is 2. The molecule has 3 aromatic rings. The highest BCUT2D eigenvalue weighted by atomic mass is 19.3. The molecule has 1 spiro atoms. The van der Waals surface area contributed by atoms with E-state index in [0.717, 1.165) is 42.9 Å². The molecule has 51 heavy (non-hydrogen) atoms. The van der Waals surface area contributed by atoms with Crippen LogP contribution in [0.1, 0.15) is 69.0 Å². The Morgan fingerprint density at radius 1 is 1.06 bits per heavy atom. The fourth-order valence-electron chi connectivity index (χ4n) is 8.04. The maximum atomic E-state index is 14.1. The van der Waals surface area contributed by atoms with Gasteiger partial charge in [0.25, 0.3) is 11.8 Å². The number of hydrogen-bond donors (Lipinski definition) is 2. The number of alkyl halides is 2. The molecule has 1 aliphatic carbocycles. The summed E-state index contributed by atoms with van der Waals surface area (Å²) in [4.78, 5) is 31.6.